The highest BCUT2D eigenvalue weighted by molar-refractivity contribution is 7.98. The number of amides is 1. The van der Waals surface area contributed by atoms with Gasteiger partial charge in [0.25, 0.3) is 0 Å². The Labute approximate surface area is 193 Å². The first kappa shape index (κ1) is 24.3. The number of sulfonamides is 1. The highest BCUT2D eigenvalue weighted by Gasteiger charge is 2.21. The highest BCUT2D eigenvalue weighted by Crippen LogP contribution is 2.22. The minimum atomic E-state index is -3.70. The molecule has 0 radical (unpaired) electrons. The fourth-order valence-electron chi connectivity index (χ4n) is 3.88. The largest absolute Gasteiger partial charge is 0.346 e. The van der Waals surface area contributed by atoms with E-state index in [4.69, 9.17) is 0 Å². The van der Waals surface area contributed by atoms with Crippen molar-refractivity contribution in [3.05, 3.63) is 58.9 Å². The van der Waals surface area contributed by atoms with E-state index in [1.54, 1.807) is 25.6 Å². The van der Waals surface area contributed by atoms with Crippen LogP contribution in [0.15, 0.2) is 41.3 Å². The Morgan fingerprint density at radius 3 is 2.50 bits per heavy atom. The number of nitrogens with one attached hydrogen (secondary N) is 3. The maximum absolute atomic E-state index is 12.8. The van der Waals surface area contributed by atoms with E-state index in [2.05, 4.69) is 20.0 Å². The van der Waals surface area contributed by atoms with Crippen LogP contribution in [-0.4, -0.2) is 42.8 Å². The van der Waals surface area contributed by atoms with Crippen molar-refractivity contribution in [3.63, 3.8) is 0 Å². The molecule has 0 aliphatic heterocycles. The van der Waals surface area contributed by atoms with Crippen LogP contribution in [0.2, 0.25) is 0 Å². The number of thioether (sulfide) groups is 1. The van der Waals surface area contributed by atoms with E-state index in [0.717, 1.165) is 28.8 Å². The zero-order valence-corrected chi connectivity index (χ0v) is 20.5. The number of benzene rings is 2. The molecule has 0 saturated carbocycles. The number of H-pyrrole nitrogens is 1. The Kier molecular flexibility index (Phi) is 7.97. The Morgan fingerprint density at radius 1 is 1.16 bits per heavy atom. The molecule has 32 heavy (non-hydrogen) atoms. The van der Waals surface area contributed by atoms with Crippen LogP contribution in [0.1, 0.15) is 41.4 Å². The molecule has 1 amide bonds. The molecule has 0 unspecified atom stereocenters. The number of rotatable bonds is 10. The summed E-state index contributed by atoms with van der Waals surface area (Å²) in [5.41, 5.74) is 4.17. The molecule has 9 heteroatoms. The Hall–Kier alpha value is -2.36. The fourth-order valence-corrected chi connectivity index (χ4v) is 5.83. The lowest BCUT2D eigenvalue weighted by Gasteiger charge is -2.17. The number of carbonyl (C=O) groups is 1. The molecule has 0 spiro atoms. The fraction of sp³-hybridized carbons (Fsp3) is 0.391. The second kappa shape index (κ2) is 10.5. The predicted octanol–water partition coefficient (Wildman–Crippen LogP) is 3.77. The van der Waals surface area contributed by atoms with Crippen LogP contribution in [0.25, 0.3) is 11.0 Å². The molecule has 3 aromatic rings. The van der Waals surface area contributed by atoms with Crippen LogP contribution < -0.4 is 10.0 Å². The van der Waals surface area contributed by atoms with Gasteiger partial charge in [-0.1, -0.05) is 29.8 Å². The van der Waals surface area contributed by atoms with Crippen molar-refractivity contribution in [3.8, 4) is 0 Å². The van der Waals surface area contributed by atoms with E-state index in [-0.39, 0.29) is 29.8 Å². The van der Waals surface area contributed by atoms with Crippen LogP contribution in [0, 0.1) is 20.8 Å². The summed E-state index contributed by atoms with van der Waals surface area (Å²) in [5.74, 6) is 1.34. The van der Waals surface area contributed by atoms with Crippen LogP contribution in [0.4, 0.5) is 0 Å². The summed E-state index contributed by atoms with van der Waals surface area (Å²) in [4.78, 5) is 20.8. The molecule has 0 saturated heterocycles. The summed E-state index contributed by atoms with van der Waals surface area (Å²) in [6.07, 6.45) is 2.78. The summed E-state index contributed by atoms with van der Waals surface area (Å²) in [6.45, 7) is 5.52. The Bertz CT molecular complexity index is 1150. The number of para-hydroxylation sites is 2. The SMILES string of the molecule is CSCC[C@@H](NC(=O)CCNS(=O)(=O)c1c(C)cc(C)cc1C)c1nc2ccccc2[nH]1. The minimum Gasteiger partial charge on any atom is -0.346 e. The first-order valence-corrected chi connectivity index (χ1v) is 13.4. The van der Waals surface area contributed by atoms with E-state index in [1.165, 1.54) is 0 Å². The van der Waals surface area contributed by atoms with Gasteiger partial charge in [0.2, 0.25) is 15.9 Å². The van der Waals surface area contributed by atoms with Gasteiger partial charge in [0, 0.05) is 13.0 Å². The molecule has 3 N–H and O–H groups in total. The van der Waals surface area contributed by atoms with Gasteiger partial charge in [0.1, 0.15) is 5.82 Å². The lowest BCUT2D eigenvalue weighted by atomic mass is 10.1. The van der Waals surface area contributed by atoms with Gasteiger partial charge in [-0.05, 0) is 62.5 Å². The average Bonchev–Trinajstić information content (AvgIpc) is 3.14. The lowest BCUT2D eigenvalue weighted by Crippen LogP contribution is -2.34. The van der Waals surface area contributed by atoms with Crippen molar-refractivity contribution >= 4 is 38.7 Å². The number of hydrogen-bond acceptors (Lipinski definition) is 5. The summed E-state index contributed by atoms with van der Waals surface area (Å²) >= 11 is 1.70. The maximum Gasteiger partial charge on any atom is 0.241 e. The van der Waals surface area contributed by atoms with Crippen LogP contribution in [0.3, 0.4) is 0 Å². The van der Waals surface area contributed by atoms with Crippen molar-refractivity contribution in [1.29, 1.82) is 0 Å². The van der Waals surface area contributed by atoms with Crippen molar-refractivity contribution in [2.45, 2.75) is 44.6 Å². The van der Waals surface area contributed by atoms with Gasteiger partial charge in [0.05, 0.1) is 22.0 Å². The number of nitrogens with zero attached hydrogens (tertiary/aromatic N) is 1. The molecule has 172 valence electrons. The molecule has 0 aliphatic rings. The lowest BCUT2D eigenvalue weighted by molar-refractivity contribution is -0.121. The van der Waals surface area contributed by atoms with Crippen LogP contribution in [0.5, 0.6) is 0 Å². The summed E-state index contributed by atoms with van der Waals surface area (Å²) in [7, 11) is -3.70. The second-order valence-electron chi connectivity index (χ2n) is 7.92. The van der Waals surface area contributed by atoms with Gasteiger partial charge in [0.15, 0.2) is 0 Å². The van der Waals surface area contributed by atoms with E-state index in [9.17, 15) is 13.2 Å². The number of hydrogen-bond donors (Lipinski definition) is 3. The monoisotopic (exact) mass is 474 g/mol. The molecular weight excluding hydrogens is 444 g/mol. The van der Waals surface area contributed by atoms with Crippen molar-refractivity contribution in [2.75, 3.05) is 18.6 Å². The number of aromatic amines is 1. The van der Waals surface area contributed by atoms with E-state index in [1.807, 2.05) is 49.6 Å². The van der Waals surface area contributed by atoms with Gasteiger partial charge in [-0.2, -0.15) is 11.8 Å². The van der Waals surface area contributed by atoms with Crippen LogP contribution in [-0.2, 0) is 14.8 Å². The van der Waals surface area contributed by atoms with Gasteiger partial charge in [-0.15, -0.1) is 0 Å². The average molecular weight is 475 g/mol. The third kappa shape index (κ3) is 5.90. The zero-order valence-electron chi connectivity index (χ0n) is 18.9. The molecule has 0 aliphatic carbocycles. The third-order valence-corrected chi connectivity index (χ3v) is 7.61. The first-order chi connectivity index (χ1) is 15.2. The van der Waals surface area contributed by atoms with Crippen LogP contribution >= 0.6 is 11.8 Å². The quantitative estimate of drug-likeness (QED) is 0.415. The smallest absolute Gasteiger partial charge is 0.241 e. The van der Waals surface area contributed by atoms with Gasteiger partial charge < -0.3 is 10.3 Å². The van der Waals surface area contributed by atoms with E-state index >= 15 is 0 Å². The summed E-state index contributed by atoms with van der Waals surface area (Å²) < 4.78 is 28.1. The third-order valence-electron chi connectivity index (χ3n) is 5.20. The standard InChI is InChI=1S/C23H30N4O3S2/c1-15-13-16(2)22(17(3)14-15)32(29,30)24-11-9-21(28)25-20(10-12-31-4)23-26-18-7-5-6-8-19(18)27-23/h5-8,13-14,20,24H,9-12H2,1-4H3,(H,25,28)(H,26,27)/t20-/m1/s1. The number of carbonyl (C=O) groups excluding carboxylic acids is 1. The molecule has 1 heterocycles. The number of aromatic nitrogens is 2. The van der Waals surface area contributed by atoms with E-state index < -0.39 is 10.0 Å². The van der Waals surface area contributed by atoms with Crippen molar-refractivity contribution in [1.82, 2.24) is 20.0 Å². The number of fused-ring (bicyclic) bond motifs is 1. The topological polar surface area (TPSA) is 104 Å². The summed E-state index contributed by atoms with van der Waals surface area (Å²) in [6, 6.07) is 11.2. The zero-order chi connectivity index (χ0) is 23.3. The predicted molar refractivity (Wildman–Crippen MR) is 130 cm³/mol. The van der Waals surface area contributed by atoms with Gasteiger partial charge >= 0.3 is 0 Å². The van der Waals surface area contributed by atoms with E-state index in [0.29, 0.717) is 17.0 Å². The maximum atomic E-state index is 12.8. The van der Waals surface area contributed by atoms with Gasteiger partial charge in [-0.3, -0.25) is 4.79 Å². The molecule has 1 atom stereocenters. The first-order valence-electron chi connectivity index (χ1n) is 10.5. The number of imidazole rings is 1. The van der Waals surface area contributed by atoms with Crippen molar-refractivity contribution in [2.24, 2.45) is 0 Å². The molecular formula is C23H30N4O3S2. The second-order valence-corrected chi connectivity index (χ2v) is 10.6. The number of aryl methyl sites for hydroxylation is 3. The summed E-state index contributed by atoms with van der Waals surface area (Å²) in [5, 5.41) is 3.00. The van der Waals surface area contributed by atoms with Gasteiger partial charge in [-0.25, -0.2) is 18.1 Å². The minimum absolute atomic E-state index is 0.0241. The molecule has 0 fully saturated rings. The molecule has 7 nitrogen and oxygen atoms in total. The highest BCUT2D eigenvalue weighted by atomic mass is 32.2. The molecule has 2 aromatic carbocycles. The Balaban J connectivity index is 1.64. The Morgan fingerprint density at radius 2 is 1.84 bits per heavy atom. The van der Waals surface area contributed by atoms with Crippen molar-refractivity contribution < 1.29 is 13.2 Å². The molecule has 0 bridgehead atoms. The molecule has 3 rings (SSSR count). The normalized spacial score (nSPS) is 12.8. The molecule has 1 aromatic heterocycles.